The van der Waals surface area contributed by atoms with Gasteiger partial charge in [-0.3, -0.25) is 14.9 Å². The highest BCUT2D eigenvalue weighted by Crippen LogP contribution is 2.31. The van der Waals surface area contributed by atoms with Crippen LogP contribution in [0.3, 0.4) is 0 Å². The Kier molecular flexibility index (Phi) is 6.85. The SMILES string of the molecule is CN(CC(=O)OC(C)(C)C)c1ncnc(NCCCn2ccnc2)c1[N+](=O)[O-]. The molecule has 0 aromatic carbocycles. The maximum Gasteiger partial charge on any atom is 0.353 e. The van der Waals surface area contributed by atoms with Crippen molar-refractivity contribution < 1.29 is 14.5 Å². The molecule has 152 valence electrons. The molecule has 0 aliphatic carbocycles. The molecule has 2 heterocycles. The summed E-state index contributed by atoms with van der Waals surface area (Å²) in [6.07, 6.45) is 7.19. The van der Waals surface area contributed by atoms with Crippen molar-refractivity contribution >= 4 is 23.3 Å². The standard InChI is InChI=1S/C17H25N7O4/c1-17(2,3)28-13(25)10-22(4)16-14(24(26)27)15(20-11-21-16)19-6-5-8-23-9-7-18-12-23/h7,9,11-12H,5-6,8,10H2,1-4H3,(H,19,20,21). The largest absolute Gasteiger partial charge is 0.459 e. The van der Waals surface area contributed by atoms with Gasteiger partial charge in [-0.05, 0) is 27.2 Å². The first-order valence-electron chi connectivity index (χ1n) is 8.79. The molecule has 2 aromatic heterocycles. The number of nitrogens with zero attached hydrogens (tertiary/aromatic N) is 6. The monoisotopic (exact) mass is 391 g/mol. The van der Waals surface area contributed by atoms with Gasteiger partial charge in [-0.15, -0.1) is 0 Å². The van der Waals surface area contributed by atoms with E-state index < -0.39 is 16.5 Å². The fourth-order valence-electron chi connectivity index (χ4n) is 2.48. The van der Waals surface area contributed by atoms with Crippen LogP contribution in [0.25, 0.3) is 0 Å². The van der Waals surface area contributed by atoms with Crippen LogP contribution in [0.1, 0.15) is 27.2 Å². The molecule has 0 saturated heterocycles. The van der Waals surface area contributed by atoms with Crippen LogP contribution in [0.2, 0.25) is 0 Å². The number of anilines is 2. The Labute approximate surface area is 162 Å². The zero-order valence-electron chi connectivity index (χ0n) is 16.5. The average molecular weight is 391 g/mol. The number of carbonyl (C=O) groups is 1. The first-order valence-corrected chi connectivity index (χ1v) is 8.79. The molecule has 0 bridgehead atoms. The number of ether oxygens (including phenoxy) is 1. The van der Waals surface area contributed by atoms with Gasteiger partial charge in [0.25, 0.3) is 0 Å². The van der Waals surface area contributed by atoms with E-state index in [1.165, 1.54) is 11.2 Å². The molecule has 0 fully saturated rings. The molecule has 2 rings (SSSR count). The van der Waals surface area contributed by atoms with Gasteiger partial charge in [-0.25, -0.2) is 15.0 Å². The smallest absolute Gasteiger partial charge is 0.353 e. The number of hydrogen-bond acceptors (Lipinski definition) is 9. The van der Waals surface area contributed by atoms with E-state index in [0.29, 0.717) is 6.54 Å². The second-order valence-corrected chi connectivity index (χ2v) is 7.17. The van der Waals surface area contributed by atoms with Crippen LogP contribution in [0.5, 0.6) is 0 Å². The lowest BCUT2D eigenvalue weighted by Crippen LogP contribution is -2.33. The summed E-state index contributed by atoms with van der Waals surface area (Å²) in [4.78, 5) is 36.4. The number of esters is 1. The number of hydrogen-bond donors (Lipinski definition) is 1. The summed E-state index contributed by atoms with van der Waals surface area (Å²) in [6, 6.07) is 0. The minimum absolute atomic E-state index is 0.0444. The van der Waals surface area contributed by atoms with E-state index >= 15 is 0 Å². The van der Waals surface area contributed by atoms with Gasteiger partial charge in [0.1, 0.15) is 18.5 Å². The second kappa shape index (κ2) is 9.11. The van der Waals surface area contributed by atoms with Gasteiger partial charge in [0.15, 0.2) is 0 Å². The Hall–Kier alpha value is -3.24. The number of nitrogens with one attached hydrogen (secondary N) is 1. The topological polar surface area (TPSA) is 128 Å². The van der Waals surface area contributed by atoms with E-state index in [2.05, 4.69) is 20.3 Å². The van der Waals surface area contributed by atoms with Crippen LogP contribution in [-0.2, 0) is 16.1 Å². The molecular formula is C17H25N7O4. The van der Waals surface area contributed by atoms with Crippen molar-refractivity contribution in [3.05, 3.63) is 35.2 Å². The Morgan fingerprint density at radius 3 is 2.75 bits per heavy atom. The number of aromatic nitrogens is 4. The van der Waals surface area contributed by atoms with Gasteiger partial charge < -0.3 is 19.5 Å². The van der Waals surface area contributed by atoms with E-state index in [9.17, 15) is 14.9 Å². The van der Waals surface area contributed by atoms with Crippen LogP contribution in [0.15, 0.2) is 25.0 Å². The second-order valence-electron chi connectivity index (χ2n) is 7.17. The highest BCUT2D eigenvalue weighted by molar-refractivity contribution is 5.78. The first kappa shape index (κ1) is 21.1. The Morgan fingerprint density at radius 2 is 2.14 bits per heavy atom. The zero-order chi connectivity index (χ0) is 20.7. The summed E-state index contributed by atoms with van der Waals surface area (Å²) in [5.41, 5.74) is -0.923. The minimum Gasteiger partial charge on any atom is -0.459 e. The maximum atomic E-state index is 12.0. The van der Waals surface area contributed by atoms with Gasteiger partial charge in [0.05, 0.1) is 11.3 Å². The third kappa shape index (κ3) is 6.18. The third-order valence-corrected chi connectivity index (χ3v) is 3.58. The summed E-state index contributed by atoms with van der Waals surface area (Å²) < 4.78 is 7.17. The number of nitro groups is 1. The molecule has 0 aliphatic rings. The normalized spacial score (nSPS) is 11.1. The fraction of sp³-hybridized carbons (Fsp3) is 0.529. The lowest BCUT2D eigenvalue weighted by molar-refractivity contribution is -0.383. The summed E-state index contributed by atoms with van der Waals surface area (Å²) in [7, 11) is 1.54. The average Bonchev–Trinajstić information content (AvgIpc) is 3.09. The van der Waals surface area contributed by atoms with Crippen molar-refractivity contribution in [2.24, 2.45) is 0 Å². The van der Waals surface area contributed by atoms with Gasteiger partial charge in [0.2, 0.25) is 11.6 Å². The molecule has 11 nitrogen and oxygen atoms in total. The molecule has 11 heteroatoms. The van der Waals surface area contributed by atoms with Gasteiger partial charge in [-0.2, -0.15) is 0 Å². The van der Waals surface area contributed by atoms with Crippen molar-refractivity contribution in [1.82, 2.24) is 19.5 Å². The van der Waals surface area contributed by atoms with Crippen molar-refractivity contribution in [2.45, 2.75) is 39.3 Å². The van der Waals surface area contributed by atoms with Crippen LogP contribution in [0, 0.1) is 10.1 Å². The highest BCUT2D eigenvalue weighted by atomic mass is 16.6. The molecule has 0 atom stereocenters. The fourth-order valence-corrected chi connectivity index (χ4v) is 2.48. The molecule has 0 aliphatic heterocycles. The molecule has 0 amide bonds. The van der Waals surface area contributed by atoms with E-state index in [4.69, 9.17) is 4.74 Å². The van der Waals surface area contributed by atoms with Crippen molar-refractivity contribution in [2.75, 3.05) is 30.4 Å². The quantitative estimate of drug-likeness (QED) is 0.295. The van der Waals surface area contributed by atoms with Crippen LogP contribution >= 0.6 is 0 Å². The Balaban J connectivity index is 2.06. The van der Waals surface area contributed by atoms with E-state index in [1.807, 2.05) is 10.8 Å². The van der Waals surface area contributed by atoms with E-state index in [0.717, 1.165) is 13.0 Å². The van der Waals surface area contributed by atoms with Crippen LogP contribution < -0.4 is 10.2 Å². The van der Waals surface area contributed by atoms with Gasteiger partial charge in [0, 0.05) is 32.5 Å². The molecule has 1 N–H and O–H groups in total. The van der Waals surface area contributed by atoms with Crippen LogP contribution in [-0.4, -0.2) is 56.1 Å². The van der Waals surface area contributed by atoms with Gasteiger partial charge >= 0.3 is 11.7 Å². The van der Waals surface area contributed by atoms with Crippen molar-refractivity contribution in [3.8, 4) is 0 Å². The summed E-state index contributed by atoms with van der Waals surface area (Å²) >= 11 is 0. The predicted molar refractivity (Wildman–Crippen MR) is 103 cm³/mol. The number of carbonyl (C=O) groups excluding carboxylic acids is 1. The molecule has 0 radical (unpaired) electrons. The van der Waals surface area contributed by atoms with Gasteiger partial charge in [-0.1, -0.05) is 0 Å². The summed E-state index contributed by atoms with van der Waals surface area (Å²) in [5, 5.41) is 14.6. The minimum atomic E-state index is -0.641. The first-order chi connectivity index (χ1) is 13.2. The number of imidazole rings is 1. The predicted octanol–water partition coefficient (Wildman–Crippen LogP) is 1.86. The molecule has 0 unspecified atom stereocenters. The number of rotatable bonds is 9. The van der Waals surface area contributed by atoms with Crippen molar-refractivity contribution in [1.29, 1.82) is 0 Å². The van der Waals surface area contributed by atoms with E-state index in [1.54, 1.807) is 40.3 Å². The molecule has 0 saturated carbocycles. The molecule has 2 aromatic rings. The lowest BCUT2D eigenvalue weighted by atomic mass is 10.2. The van der Waals surface area contributed by atoms with Crippen molar-refractivity contribution in [3.63, 3.8) is 0 Å². The summed E-state index contributed by atoms with van der Waals surface area (Å²) in [5.74, 6) is -0.350. The molecule has 28 heavy (non-hydrogen) atoms. The highest BCUT2D eigenvalue weighted by Gasteiger charge is 2.27. The lowest BCUT2D eigenvalue weighted by Gasteiger charge is -2.23. The number of aryl methyl sites for hydroxylation is 1. The van der Waals surface area contributed by atoms with E-state index in [-0.39, 0.29) is 23.9 Å². The number of likely N-dealkylation sites (N-methyl/N-ethyl adjacent to an activating group) is 1. The Bertz CT molecular complexity index is 802. The Morgan fingerprint density at radius 1 is 1.39 bits per heavy atom. The molecular weight excluding hydrogens is 366 g/mol. The zero-order valence-corrected chi connectivity index (χ0v) is 16.5. The summed E-state index contributed by atoms with van der Waals surface area (Å²) in [6.45, 7) is 6.29. The third-order valence-electron chi connectivity index (χ3n) is 3.58. The van der Waals surface area contributed by atoms with Crippen LogP contribution in [0.4, 0.5) is 17.3 Å². The molecule has 0 spiro atoms. The maximum absolute atomic E-state index is 12.0.